The zero-order chi connectivity index (χ0) is 15.5. The van der Waals surface area contributed by atoms with Gasteiger partial charge in [-0.3, -0.25) is 0 Å². The second kappa shape index (κ2) is 6.34. The molecule has 0 spiro atoms. The molecule has 114 valence electrons. The number of benzene rings is 1. The number of rotatable bonds is 4. The highest BCUT2D eigenvalue weighted by molar-refractivity contribution is 6.29. The number of aliphatic hydroxyl groups excluding tert-OH is 1. The van der Waals surface area contributed by atoms with Gasteiger partial charge in [-0.1, -0.05) is 47.1 Å². The summed E-state index contributed by atoms with van der Waals surface area (Å²) in [6.07, 6.45) is -0.332. The highest BCUT2D eigenvalue weighted by Crippen LogP contribution is 2.32. The molecule has 1 aromatic heterocycles. The molecule has 1 aliphatic carbocycles. The molecule has 1 atom stereocenters. The second-order valence-electron chi connectivity index (χ2n) is 4.94. The Bertz CT molecular complexity index is 704. The van der Waals surface area contributed by atoms with Gasteiger partial charge in [0.05, 0.1) is 12.7 Å². The van der Waals surface area contributed by atoms with Crippen LogP contribution in [0.2, 0.25) is 5.15 Å². The van der Waals surface area contributed by atoms with Gasteiger partial charge < -0.3 is 14.7 Å². The van der Waals surface area contributed by atoms with Crippen LogP contribution in [0.25, 0.3) is 0 Å². The summed E-state index contributed by atoms with van der Waals surface area (Å²) in [6.45, 7) is 0.329. The first-order valence-electron chi connectivity index (χ1n) is 6.84. The fraction of sp³-hybridized carbons (Fsp3) is 0.250. The van der Waals surface area contributed by atoms with E-state index in [-0.39, 0.29) is 0 Å². The summed E-state index contributed by atoms with van der Waals surface area (Å²) in [6, 6.07) is 11.4. The minimum absolute atomic E-state index is 0.328. The maximum absolute atomic E-state index is 10.2. The van der Waals surface area contributed by atoms with E-state index < -0.39 is 6.10 Å². The SMILES string of the molecule is COc1nc(Cl)cc2c1/C(=N/OCc1ccccc1)C(O)C2. The van der Waals surface area contributed by atoms with E-state index in [0.29, 0.717) is 35.3 Å². The first-order valence-corrected chi connectivity index (χ1v) is 7.22. The normalized spacial score (nSPS) is 18.3. The standard InChI is InChI=1S/C16H15ClN2O3/c1-21-16-14-11(8-13(17)18-16)7-12(20)15(14)19-22-9-10-5-3-2-4-6-10/h2-6,8,12,20H,7,9H2,1H3/b19-15+. The van der Waals surface area contributed by atoms with Crippen molar-refractivity contribution in [3.63, 3.8) is 0 Å². The fourth-order valence-electron chi connectivity index (χ4n) is 2.45. The Morgan fingerprint density at radius 1 is 1.36 bits per heavy atom. The summed E-state index contributed by atoms with van der Waals surface area (Å²) in [5.74, 6) is 0.348. The average Bonchev–Trinajstić information content (AvgIpc) is 2.83. The van der Waals surface area contributed by atoms with E-state index in [0.717, 1.165) is 11.1 Å². The molecule has 0 saturated carbocycles. The van der Waals surface area contributed by atoms with Gasteiger partial charge in [0.2, 0.25) is 5.88 Å². The van der Waals surface area contributed by atoms with Crippen molar-refractivity contribution in [1.29, 1.82) is 0 Å². The molecule has 5 nitrogen and oxygen atoms in total. The third-order valence-electron chi connectivity index (χ3n) is 3.45. The molecule has 0 bridgehead atoms. The quantitative estimate of drug-likeness (QED) is 0.695. The van der Waals surface area contributed by atoms with Gasteiger partial charge in [0, 0.05) is 6.42 Å². The number of halogens is 1. The zero-order valence-electron chi connectivity index (χ0n) is 12.0. The number of methoxy groups -OCH3 is 1. The van der Waals surface area contributed by atoms with Gasteiger partial charge >= 0.3 is 0 Å². The minimum atomic E-state index is -0.750. The molecule has 1 aliphatic rings. The molecule has 1 N–H and O–H groups in total. The number of nitrogens with zero attached hydrogens (tertiary/aromatic N) is 2. The van der Waals surface area contributed by atoms with Gasteiger partial charge in [-0.15, -0.1) is 0 Å². The Labute approximate surface area is 133 Å². The second-order valence-corrected chi connectivity index (χ2v) is 5.33. The van der Waals surface area contributed by atoms with Crippen LogP contribution in [0.5, 0.6) is 5.88 Å². The van der Waals surface area contributed by atoms with Crippen molar-refractivity contribution < 1.29 is 14.7 Å². The summed E-state index contributed by atoms with van der Waals surface area (Å²) in [7, 11) is 1.51. The summed E-state index contributed by atoms with van der Waals surface area (Å²) in [5, 5.41) is 14.6. The van der Waals surface area contributed by atoms with Crippen molar-refractivity contribution in [2.45, 2.75) is 19.1 Å². The van der Waals surface area contributed by atoms with Crippen LogP contribution >= 0.6 is 11.6 Å². The number of hydrogen-bond donors (Lipinski definition) is 1. The zero-order valence-corrected chi connectivity index (χ0v) is 12.7. The van der Waals surface area contributed by atoms with Gasteiger partial charge in [0.1, 0.15) is 23.6 Å². The van der Waals surface area contributed by atoms with Crippen LogP contribution in [0.15, 0.2) is 41.6 Å². The molecule has 1 aromatic carbocycles. The van der Waals surface area contributed by atoms with Gasteiger partial charge in [0.25, 0.3) is 0 Å². The van der Waals surface area contributed by atoms with Crippen LogP contribution in [-0.4, -0.2) is 29.0 Å². The van der Waals surface area contributed by atoms with Crippen molar-refractivity contribution in [3.05, 3.63) is 58.2 Å². The van der Waals surface area contributed by atoms with Gasteiger partial charge in [-0.05, 0) is 17.2 Å². The lowest BCUT2D eigenvalue weighted by molar-refractivity contribution is 0.125. The monoisotopic (exact) mass is 318 g/mol. The summed E-state index contributed by atoms with van der Waals surface area (Å²) < 4.78 is 5.24. The number of aromatic nitrogens is 1. The third-order valence-corrected chi connectivity index (χ3v) is 3.65. The highest BCUT2D eigenvalue weighted by Gasteiger charge is 2.32. The number of ether oxygens (including phenoxy) is 1. The van der Waals surface area contributed by atoms with Crippen molar-refractivity contribution in [2.24, 2.45) is 5.16 Å². The number of oxime groups is 1. The van der Waals surface area contributed by atoms with Crippen LogP contribution < -0.4 is 4.74 Å². The number of aliphatic hydroxyl groups is 1. The molecule has 0 aliphatic heterocycles. The molecule has 1 heterocycles. The number of fused-ring (bicyclic) bond motifs is 1. The summed E-state index contributed by atoms with van der Waals surface area (Å²) in [4.78, 5) is 9.48. The predicted octanol–water partition coefficient (Wildman–Crippen LogP) is 2.58. The predicted molar refractivity (Wildman–Crippen MR) is 83.3 cm³/mol. The van der Waals surface area contributed by atoms with Crippen LogP contribution in [0.4, 0.5) is 0 Å². The molecule has 0 saturated heterocycles. The summed E-state index contributed by atoms with van der Waals surface area (Å²) in [5.41, 5.74) is 2.94. The van der Waals surface area contributed by atoms with E-state index in [1.165, 1.54) is 7.11 Å². The molecule has 22 heavy (non-hydrogen) atoms. The summed E-state index contributed by atoms with van der Waals surface area (Å²) >= 11 is 5.94. The molecule has 0 radical (unpaired) electrons. The molecule has 0 fully saturated rings. The lowest BCUT2D eigenvalue weighted by atomic mass is 10.1. The Balaban J connectivity index is 1.85. The van der Waals surface area contributed by atoms with Crippen molar-refractivity contribution in [3.8, 4) is 5.88 Å². The maximum atomic E-state index is 10.2. The van der Waals surface area contributed by atoms with Crippen molar-refractivity contribution >= 4 is 17.3 Å². The van der Waals surface area contributed by atoms with Crippen LogP contribution in [-0.2, 0) is 17.9 Å². The molecule has 1 unspecified atom stereocenters. The van der Waals surface area contributed by atoms with Crippen molar-refractivity contribution in [1.82, 2.24) is 4.98 Å². The Hall–Kier alpha value is -2.11. The highest BCUT2D eigenvalue weighted by atomic mass is 35.5. The fourth-order valence-corrected chi connectivity index (χ4v) is 2.66. The van der Waals surface area contributed by atoms with Crippen LogP contribution in [0.3, 0.4) is 0 Å². The largest absolute Gasteiger partial charge is 0.480 e. The Kier molecular flexibility index (Phi) is 4.27. The minimum Gasteiger partial charge on any atom is -0.480 e. The number of hydrogen-bond acceptors (Lipinski definition) is 5. The maximum Gasteiger partial charge on any atom is 0.224 e. The molecular formula is C16H15ClN2O3. The third kappa shape index (κ3) is 2.91. The molecular weight excluding hydrogens is 304 g/mol. The van der Waals surface area contributed by atoms with E-state index >= 15 is 0 Å². The smallest absolute Gasteiger partial charge is 0.224 e. The molecule has 2 aromatic rings. The first kappa shape index (κ1) is 14.8. The van der Waals surface area contributed by atoms with Gasteiger partial charge in [-0.25, -0.2) is 4.98 Å². The van der Waals surface area contributed by atoms with E-state index in [1.807, 2.05) is 30.3 Å². The molecule has 6 heteroatoms. The van der Waals surface area contributed by atoms with Gasteiger partial charge in [0.15, 0.2) is 0 Å². The molecule has 3 rings (SSSR count). The van der Waals surface area contributed by atoms with E-state index in [1.54, 1.807) is 6.07 Å². The van der Waals surface area contributed by atoms with Crippen LogP contribution in [0.1, 0.15) is 16.7 Å². The first-order chi connectivity index (χ1) is 10.7. The number of pyridine rings is 1. The topological polar surface area (TPSA) is 63.9 Å². The lowest BCUT2D eigenvalue weighted by Gasteiger charge is -2.08. The van der Waals surface area contributed by atoms with Crippen molar-refractivity contribution in [2.75, 3.05) is 7.11 Å². The Morgan fingerprint density at radius 3 is 2.86 bits per heavy atom. The van der Waals surface area contributed by atoms with Crippen LogP contribution in [0, 0.1) is 0 Å². The van der Waals surface area contributed by atoms with Gasteiger partial charge in [-0.2, -0.15) is 0 Å². The van der Waals surface area contributed by atoms with E-state index in [2.05, 4.69) is 10.1 Å². The van der Waals surface area contributed by atoms with E-state index in [9.17, 15) is 5.11 Å². The van der Waals surface area contributed by atoms with E-state index in [4.69, 9.17) is 21.2 Å². The Morgan fingerprint density at radius 2 is 2.14 bits per heavy atom. The lowest BCUT2D eigenvalue weighted by Crippen LogP contribution is -2.17. The molecule has 0 amide bonds. The average molecular weight is 319 g/mol.